The summed E-state index contributed by atoms with van der Waals surface area (Å²) in [6.45, 7) is 1.68. The smallest absolute Gasteiger partial charge is 0.207 e. The van der Waals surface area contributed by atoms with Gasteiger partial charge >= 0.3 is 0 Å². The SMILES string of the molecule is Cc1cccc(S(=O)(=O)N(C)CC#N)c1. The van der Waals surface area contributed by atoms with Crippen molar-refractivity contribution < 1.29 is 8.42 Å². The molecule has 15 heavy (non-hydrogen) atoms. The average Bonchev–Trinajstić information content (AvgIpc) is 2.18. The molecule has 1 rings (SSSR count). The highest BCUT2D eigenvalue weighted by atomic mass is 32.2. The monoisotopic (exact) mass is 224 g/mol. The quantitative estimate of drug-likeness (QED) is 0.723. The first kappa shape index (κ1) is 11.7. The molecule has 0 saturated carbocycles. The number of nitrogens with zero attached hydrogens (tertiary/aromatic N) is 2. The van der Waals surface area contributed by atoms with Gasteiger partial charge in [-0.25, -0.2) is 8.42 Å². The molecular weight excluding hydrogens is 212 g/mol. The second kappa shape index (κ2) is 4.43. The lowest BCUT2D eigenvalue weighted by Gasteiger charge is -2.13. The van der Waals surface area contributed by atoms with Crippen molar-refractivity contribution in [1.82, 2.24) is 4.31 Å². The van der Waals surface area contributed by atoms with E-state index in [1.54, 1.807) is 18.2 Å². The number of rotatable bonds is 3. The topological polar surface area (TPSA) is 61.2 Å². The fraction of sp³-hybridized carbons (Fsp3) is 0.300. The van der Waals surface area contributed by atoms with E-state index in [0.717, 1.165) is 9.87 Å². The van der Waals surface area contributed by atoms with Gasteiger partial charge in [0.1, 0.15) is 6.54 Å². The molecule has 0 amide bonds. The van der Waals surface area contributed by atoms with Gasteiger partial charge in [0.25, 0.3) is 0 Å². The van der Waals surface area contributed by atoms with Gasteiger partial charge in [-0.3, -0.25) is 0 Å². The zero-order chi connectivity index (χ0) is 11.5. The van der Waals surface area contributed by atoms with Gasteiger partial charge in [-0.05, 0) is 24.6 Å². The summed E-state index contributed by atoms with van der Waals surface area (Å²) in [7, 11) is -2.12. The van der Waals surface area contributed by atoms with Gasteiger partial charge in [0.15, 0.2) is 0 Å². The molecule has 0 saturated heterocycles. The number of benzene rings is 1. The van der Waals surface area contributed by atoms with Gasteiger partial charge in [-0.2, -0.15) is 9.57 Å². The van der Waals surface area contributed by atoms with Gasteiger partial charge < -0.3 is 0 Å². The Morgan fingerprint density at radius 2 is 2.13 bits per heavy atom. The predicted molar refractivity (Wildman–Crippen MR) is 56.6 cm³/mol. The Kier molecular flexibility index (Phi) is 3.45. The Morgan fingerprint density at radius 1 is 1.47 bits per heavy atom. The van der Waals surface area contributed by atoms with Crippen molar-refractivity contribution in [2.75, 3.05) is 13.6 Å². The van der Waals surface area contributed by atoms with Crippen LogP contribution in [0.2, 0.25) is 0 Å². The van der Waals surface area contributed by atoms with Crippen molar-refractivity contribution in [3.8, 4) is 6.07 Å². The lowest BCUT2D eigenvalue weighted by atomic mass is 10.2. The first-order valence-electron chi connectivity index (χ1n) is 4.38. The van der Waals surface area contributed by atoms with Crippen LogP contribution in [0.5, 0.6) is 0 Å². The van der Waals surface area contributed by atoms with Crippen LogP contribution in [-0.2, 0) is 10.0 Å². The molecule has 0 N–H and O–H groups in total. The lowest BCUT2D eigenvalue weighted by Crippen LogP contribution is -2.27. The highest BCUT2D eigenvalue weighted by Gasteiger charge is 2.19. The van der Waals surface area contributed by atoms with E-state index in [4.69, 9.17) is 5.26 Å². The van der Waals surface area contributed by atoms with Gasteiger partial charge in [-0.15, -0.1) is 0 Å². The summed E-state index contributed by atoms with van der Waals surface area (Å²) in [4.78, 5) is 0.222. The molecule has 0 unspecified atom stereocenters. The van der Waals surface area contributed by atoms with E-state index >= 15 is 0 Å². The summed E-state index contributed by atoms with van der Waals surface area (Å²) < 4.78 is 24.7. The molecule has 0 aromatic heterocycles. The molecule has 0 aliphatic carbocycles. The fourth-order valence-electron chi connectivity index (χ4n) is 1.14. The third-order valence-corrected chi connectivity index (χ3v) is 3.79. The first-order chi connectivity index (χ1) is 6.98. The van der Waals surface area contributed by atoms with Crippen molar-refractivity contribution in [1.29, 1.82) is 5.26 Å². The molecule has 0 fully saturated rings. The molecule has 5 heteroatoms. The summed E-state index contributed by atoms with van der Waals surface area (Å²) in [6.07, 6.45) is 0. The van der Waals surface area contributed by atoms with Crippen LogP contribution in [0.15, 0.2) is 29.2 Å². The van der Waals surface area contributed by atoms with E-state index in [9.17, 15) is 8.42 Å². The maximum atomic E-state index is 11.8. The number of sulfonamides is 1. The van der Waals surface area contributed by atoms with Gasteiger partial charge in [0, 0.05) is 7.05 Å². The van der Waals surface area contributed by atoms with E-state index in [-0.39, 0.29) is 11.4 Å². The molecule has 1 aromatic rings. The average molecular weight is 224 g/mol. The highest BCUT2D eigenvalue weighted by molar-refractivity contribution is 7.89. The molecule has 1 aromatic carbocycles. The van der Waals surface area contributed by atoms with E-state index in [1.165, 1.54) is 13.1 Å². The van der Waals surface area contributed by atoms with E-state index in [2.05, 4.69) is 0 Å². The van der Waals surface area contributed by atoms with Crippen LogP contribution in [0.1, 0.15) is 5.56 Å². The maximum absolute atomic E-state index is 11.8. The van der Waals surface area contributed by atoms with Crippen molar-refractivity contribution in [2.45, 2.75) is 11.8 Å². The predicted octanol–water partition coefficient (Wildman–Crippen LogP) is 1.14. The summed E-state index contributed by atoms with van der Waals surface area (Å²) in [5.41, 5.74) is 0.876. The Hall–Kier alpha value is -1.38. The van der Waals surface area contributed by atoms with Gasteiger partial charge in [-0.1, -0.05) is 12.1 Å². The summed E-state index contributed by atoms with van der Waals surface area (Å²) in [5, 5.41) is 8.45. The molecule has 0 radical (unpaired) electrons. The summed E-state index contributed by atoms with van der Waals surface area (Å²) >= 11 is 0. The summed E-state index contributed by atoms with van der Waals surface area (Å²) in [5.74, 6) is 0. The van der Waals surface area contributed by atoms with Crippen LogP contribution in [0.25, 0.3) is 0 Å². The third kappa shape index (κ3) is 2.55. The van der Waals surface area contributed by atoms with Crippen LogP contribution in [-0.4, -0.2) is 26.3 Å². The van der Waals surface area contributed by atoms with Crippen molar-refractivity contribution >= 4 is 10.0 Å². The van der Waals surface area contributed by atoms with E-state index < -0.39 is 10.0 Å². The van der Waals surface area contributed by atoms with Gasteiger partial charge in [0.2, 0.25) is 10.0 Å². The Morgan fingerprint density at radius 3 is 2.67 bits per heavy atom. The van der Waals surface area contributed by atoms with Crippen LogP contribution in [0, 0.1) is 18.3 Å². The Labute approximate surface area is 89.8 Å². The van der Waals surface area contributed by atoms with Crippen molar-refractivity contribution in [2.24, 2.45) is 0 Å². The lowest BCUT2D eigenvalue weighted by molar-refractivity contribution is 0.501. The zero-order valence-electron chi connectivity index (χ0n) is 8.64. The largest absolute Gasteiger partial charge is 0.243 e. The number of nitriles is 1. The zero-order valence-corrected chi connectivity index (χ0v) is 9.45. The molecule has 0 aliphatic rings. The third-order valence-electron chi connectivity index (χ3n) is 1.99. The minimum atomic E-state index is -3.51. The van der Waals surface area contributed by atoms with Crippen molar-refractivity contribution in [3.63, 3.8) is 0 Å². The first-order valence-corrected chi connectivity index (χ1v) is 5.82. The standard InChI is InChI=1S/C10H12N2O2S/c1-9-4-3-5-10(8-9)15(13,14)12(2)7-6-11/h3-5,8H,7H2,1-2H3. The maximum Gasteiger partial charge on any atom is 0.243 e. The number of hydrogen-bond acceptors (Lipinski definition) is 3. The molecule has 0 spiro atoms. The molecule has 0 atom stereocenters. The summed E-state index contributed by atoms with van der Waals surface area (Å²) in [6, 6.07) is 8.42. The molecule has 0 bridgehead atoms. The van der Waals surface area contributed by atoms with Crippen LogP contribution in [0.3, 0.4) is 0 Å². The van der Waals surface area contributed by atoms with Gasteiger partial charge in [0.05, 0.1) is 11.0 Å². The number of aryl methyl sites for hydroxylation is 1. The molecular formula is C10H12N2O2S. The second-order valence-corrected chi connectivity index (χ2v) is 5.28. The number of hydrogen-bond donors (Lipinski definition) is 0. The highest BCUT2D eigenvalue weighted by Crippen LogP contribution is 2.14. The molecule has 80 valence electrons. The molecule has 4 nitrogen and oxygen atoms in total. The normalized spacial score (nSPS) is 11.3. The van der Waals surface area contributed by atoms with Crippen LogP contribution < -0.4 is 0 Å². The second-order valence-electron chi connectivity index (χ2n) is 3.24. The fourth-order valence-corrected chi connectivity index (χ4v) is 2.31. The van der Waals surface area contributed by atoms with Crippen LogP contribution >= 0.6 is 0 Å². The molecule has 0 aliphatic heterocycles. The minimum Gasteiger partial charge on any atom is -0.207 e. The Bertz CT molecular complexity index is 488. The molecule has 0 heterocycles. The van der Waals surface area contributed by atoms with Crippen molar-refractivity contribution in [3.05, 3.63) is 29.8 Å². The van der Waals surface area contributed by atoms with E-state index in [1.807, 2.05) is 13.0 Å². The minimum absolute atomic E-state index is 0.143. The Balaban J connectivity index is 3.13. The van der Waals surface area contributed by atoms with E-state index in [0.29, 0.717) is 0 Å². The van der Waals surface area contributed by atoms with Crippen LogP contribution in [0.4, 0.5) is 0 Å².